The molecule has 0 radical (unpaired) electrons. The molecule has 26 heavy (non-hydrogen) atoms. The molecular formula is C21H19N3O2. The monoisotopic (exact) mass is 345 g/mol. The van der Waals surface area contributed by atoms with Gasteiger partial charge in [0.15, 0.2) is 0 Å². The predicted octanol–water partition coefficient (Wildman–Crippen LogP) is 2.81. The van der Waals surface area contributed by atoms with Gasteiger partial charge in [-0.25, -0.2) is 4.98 Å². The highest BCUT2D eigenvalue weighted by atomic mass is 16.2. The van der Waals surface area contributed by atoms with Crippen molar-refractivity contribution >= 4 is 11.6 Å². The van der Waals surface area contributed by atoms with Gasteiger partial charge in [0.25, 0.3) is 5.56 Å². The van der Waals surface area contributed by atoms with Crippen molar-refractivity contribution in [3.8, 4) is 11.3 Å². The van der Waals surface area contributed by atoms with E-state index in [0.717, 1.165) is 23.2 Å². The van der Waals surface area contributed by atoms with Crippen LogP contribution in [0.25, 0.3) is 11.3 Å². The minimum atomic E-state index is -0.226. The number of hydrogen-bond donors (Lipinski definition) is 0. The molecule has 5 heteroatoms. The summed E-state index contributed by atoms with van der Waals surface area (Å²) in [4.78, 5) is 31.2. The molecule has 1 aromatic heterocycles. The second-order valence-electron chi connectivity index (χ2n) is 6.53. The Hall–Kier alpha value is -3.21. The fourth-order valence-electron chi connectivity index (χ4n) is 3.26. The Morgan fingerprint density at radius 1 is 1.12 bits per heavy atom. The number of nitrogens with zero attached hydrogens (tertiary/aromatic N) is 3. The number of aromatic nitrogens is 2. The molecule has 1 amide bonds. The van der Waals surface area contributed by atoms with Gasteiger partial charge in [-0.15, -0.1) is 0 Å². The molecular weight excluding hydrogens is 326 g/mol. The summed E-state index contributed by atoms with van der Waals surface area (Å²) >= 11 is 0. The number of fused-ring (bicyclic) bond motifs is 1. The van der Waals surface area contributed by atoms with Gasteiger partial charge in [0.2, 0.25) is 5.91 Å². The third kappa shape index (κ3) is 3.04. The second-order valence-corrected chi connectivity index (χ2v) is 6.53. The highest BCUT2D eigenvalue weighted by Gasteiger charge is 2.24. The Morgan fingerprint density at radius 3 is 2.65 bits per heavy atom. The number of benzene rings is 2. The fourth-order valence-corrected chi connectivity index (χ4v) is 3.26. The number of rotatable bonds is 3. The van der Waals surface area contributed by atoms with E-state index in [1.807, 2.05) is 55.5 Å². The van der Waals surface area contributed by atoms with Crippen LogP contribution in [0.3, 0.4) is 0 Å². The van der Waals surface area contributed by atoms with Gasteiger partial charge in [0.1, 0.15) is 6.54 Å². The van der Waals surface area contributed by atoms with Gasteiger partial charge in [-0.2, -0.15) is 0 Å². The Balaban J connectivity index is 1.55. The van der Waals surface area contributed by atoms with E-state index in [-0.39, 0.29) is 18.0 Å². The Bertz CT molecular complexity index is 1020. The molecule has 0 saturated carbocycles. The molecule has 0 aliphatic carbocycles. The van der Waals surface area contributed by atoms with Crippen molar-refractivity contribution in [1.82, 2.24) is 9.55 Å². The van der Waals surface area contributed by atoms with Crippen LogP contribution < -0.4 is 10.5 Å². The van der Waals surface area contributed by atoms with Crippen molar-refractivity contribution in [2.24, 2.45) is 0 Å². The second kappa shape index (κ2) is 6.59. The summed E-state index contributed by atoms with van der Waals surface area (Å²) in [6.45, 7) is 2.66. The third-order valence-corrected chi connectivity index (χ3v) is 4.72. The van der Waals surface area contributed by atoms with Gasteiger partial charge in [-0.1, -0.05) is 48.0 Å². The summed E-state index contributed by atoms with van der Waals surface area (Å²) in [6.07, 6.45) is 2.30. The van der Waals surface area contributed by atoms with E-state index >= 15 is 0 Å². The molecule has 0 spiro atoms. The lowest BCUT2D eigenvalue weighted by Crippen LogP contribution is -2.35. The zero-order valence-corrected chi connectivity index (χ0v) is 14.6. The van der Waals surface area contributed by atoms with Crippen molar-refractivity contribution in [3.05, 3.63) is 82.4 Å². The van der Waals surface area contributed by atoms with Gasteiger partial charge >= 0.3 is 0 Å². The van der Waals surface area contributed by atoms with Crippen LogP contribution in [-0.2, 0) is 17.8 Å². The van der Waals surface area contributed by atoms with E-state index in [2.05, 4.69) is 4.98 Å². The standard InChI is InChI=1S/C21H19N3O2/c1-15-6-8-16(9-7-15)18-12-20(25)23(14-22-18)13-21(26)24-11-10-17-4-2-3-5-19(17)24/h2-9,12,14H,10-11,13H2,1H3. The normalized spacial score (nSPS) is 12.9. The van der Waals surface area contributed by atoms with E-state index in [9.17, 15) is 9.59 Å². The van der Waals surface area contributed by atoms with Crippen LogP contribution in [0.4, 0.5) is 5.69 Å². The lowest BCUT2D eigenvalue weighted by Gasteiger charge is -2.17. The smallest absolute Gasteiger partial charge is 0.254 e. The maximum Gasteiger partial charge on any atom is 0.254 e. The number of amides is 1. The lowest BCUT2D eigenvalue weighted by atomic mass is 10.1. The van der Waals surface area contributed by atoms with Gasteiger partial charge in [0, 0.05) is 23.9 Å². The molecule has 0 fully saturated rings. The SMILES string of the molecule is Cc1ccc(-c2cc(=O)n(CC(=O)N3CCc4ccccc43)cn2)cc1. The average Bonchev–Trinajstić information content (AvgIpc) is 3.08. The third-order valence-electron chi connectivity index (χ3n) is 4.72. The van der Waals surface area contributed by atoms with Crippen molar-refractivity contribution in [1.29, 1.82) is 0 Å². The molecule has 4 rings (SSSR count). The van der Waals surface area contributed by atoms with E-state index in [0.29, 0.717) is 12.2 Å². The minimum Gasteiger partial charge on any atom is -0.310 e. The minimum absolute atomic E-state index is 0.00561. The van der Waals surface area contributed by atoms with E-state index in [4.69, 9.17) is 0 Å². The molecule has 1 aliphatic heterocycles. The quantitative estimate of drug-likeness (QED) is 0.733. The Kier molecular flexibility index (Phi) is 4.13. The van der Waals surface area contributed by atoms with Crippen LogP contribution in [0.15, 0.2) is 65.7 Å². The largest absolute Gasteiger partial charge is 0.310 e. The molecule has 0 unspecified atom stereocenters. The molecule has 1 aliphatic rings. The van der Waals surface area contributed by atoms with E-state index in [1.165, 1.54) is 22.5 Å². The van der Waals surface area contributed by atoms with Gasteiger partial charge in [0.05, 0.1) is 12.0 Å². The number of carbonyl (C=O) groups is 1. The molecule has 0 atom stereocenters. The van der Waals surface area contributed by atoms with Crippen LogP contribution in [0.1, 0.15) is 11.1 Å². The Labute approximate surface area is 151 Å². The maximum absolute atomic E-state index is 12.7. The van der Waals surface area contributed by atoms with E-state index < -0.39 is 0 Å². The first-order valence-electron chi connectivity index (χ1n) is 8.63. The summed E-state index contributed by atoms with van der Waals surface area (Å²) in [7, 11) is 0. The highest BCUT2D eigenvalue weighted by Crippen LogP contribution is 2.27. The van der Waals surface area contributed by atoms with E-state index in [1.54, 1.807) is 4.90 Å². The number of aryl methyl sites for hydroxylation is 1. The zero-order valence-electron chi connectivity index (χ0n) is 14.6. The van der Waals surface area contributed by atoms with Crippen LogP contribution in [0.5, 0.6) is 0 Å². The summed E-state index contributed by atoms with van der Waals surface area (Å²) in [5.41, 5.74) is 4.54. The Morgan fingerprint density at radius 2 is 1.88 bits per heavy atom. The van der Waals surface area contributed by atoms with Crippen molar-refractivity contribution in [2.45, 2.75) is 19.9 Å². The summed E-state index contributed by atoms with van der Waals surface area (Å²) in [5, 5.41) is 0. The van der Waals surface area contributed by atoms with Crippen LogP contribution in [0.2, 0.25) is 0 Å². The van der Waals surface area contributed by atoms with Crippen LogP contribution in [-0.4, -0.2) is 22.0 Å². The van der Waals surface area contributed by atoms with Crippen molar-refractivity contribution < 1.29 is 4.79 Å². The lowest BCUT2D eigenvalue weighted by molar-refractivity contribution is -0.119. The summed E-state index contributed by atoms with van der Waals surface area (Å²) in [5.74, 6) is -0.0954. The molecule has 5 nitrogen and oxygen atoms in total. The first kappa shape index (κ1) is 16.3. The van der Waals surface area contributed by atoms with Gasteiger partial charge in [-0.3, -0.25) is 14.2 Å². The molecule has 2 aromatic carbocycles. The molecule has 3 aromatic rings. The van der Waals surface area contributed by atoms with Crippen molar-refractivity contribution in [3.63, 3.8) is 0 Å². The van der Waals surface area contributed by atoms with Crippen molar-refractivity contribution in [2.75, 3.05) is 11.4 Å². The number of hydrogen-bond acceptors (Lipinski definition) is 3. The topological polar surface area (TPSA) is 55.2 Å². The molecule has 0 bridgehead atoms. The zero-order chi connectivity index (χ0) is 18.1. The van der Waals surface area contributed by atoms with Gasteiger partial charge < -0.3 is 4.90 Å². The average molecular weight is 345 g/mol. The molecule has 0 N–H and O–H groups in total. The first-order chi connectivity index (χ1) is 12.6. The summed E-state index contributed by atoms with van der Waals surface area (Å²) < 4.78 is 1.36. The maximum atomic E-state index is 12.7. The number of para-hydroxylation sites is 1. The van der Waals surface area contributed by atoms with Crippen LogP contribution >= 0.6 is 0 Å². The van der Waals surface area contributed by atoms with Gasteiger partial charge in [-0.05, 0) is 25.0 Å². The molecule has 130 valence electrons. The predicted molar refractivity (Wildman–Crippen MR) is 101 cm³/mol. The fraction of sp³-hybridized carbons (Fsp3) is 0.190. The highest BCUT2D eigenvalue weighted by molar-refractivity contribution is 5.95. The summed E-state index contributed by atoms with van der Waals surface area (Å²) in [6, 6.07) is 17.2. The first-order valence-corrected chi connectivity index (χ1v) is 8.63. The number of carbonyl (C=O) groups excluding carboxylic acids is 1. The molecule has 2 heterocycles. The molecule has 0 saturated heterocycles. The number of anilines is 1. The van der Waals surface area contributed by atoms with Crippen LogP contribution in [0, 0.1) is 6.92 Å².